The molecule has 0 aliphatic carbocycles. The van der Waals surface area contributed by atoms with Crippen LogP contribution in [-0.2, 0) is 0 Å². The number of hydrogen-bond acceptors (Lipinski definition) is 3. The highest BCUT2D eigenvalue weighted by atomic mass is 16.3. The van der Waals surface area contributed by atoms with Crippen molar-refractivity contribution in [3.8, 4) is 5.69 Å². The average Bonchev–Trinajstić information content (AvgIpc) is 3.61. The number of hydrogen-bond donors (Lipinski definition) is 0. The van der Waals surface area contributed by atoms with Crippen LogP contribution >= 0.6 is 0 Å². The van der Waals surface area contributed by atoms with Gasteiger partial charge in [-0.1, -0.05) is 73.8 Å². The highest BCUT2D eigenvalue weighted by Gasteiger charge is 2.24. The number of pyridine rings is 1. The van der Waals surface area contributed by atoms with E-state index in [0.29, 0.717) is 5.71 Å². The van der Waals surface area contributed by atoms with Crippen LogP contribution in [-0.4, -0.2) is 9.55 Å². The lowest BCUT2D eigenvalue weighted by Gasteiger charge is -2.15. The van der Waals surface area contributed by atoms with E-state index in [9.17, 15) is 0 Å². The van der Waals surface area contributed by atoms with E-state index in [-0.39, 0.29) is 0 Å². The number of nitrogens with zero attached hydrogens (tertiary/aromatic N) is 2. The Morgan fingerprint density at radius 1 is 0.622 bits per heavy atom. The van der Waals surface area contributed by atoms with Crippen molar-refractivity contribution in [2.24, 2.45) is 0 Å². The molecule has 0 aliphatic rings. The van der Waals surface area contributed by atoms with Gasteiger partial charge in [0.1, 0.15) is 16.7 Å². The third-order valence-corrected chi connectivity index (χ3v) is 7.37. The van der Waals surface area contributed by atoms with Crippen LogP contribution in [0.4, 0.5) is 0 Å². The molecule has 174 valence electrons. The monoisotopic (exact) mass is 476 g/mol. The molecule has 4 heteroatoms. The summed E-state index contributed by atoms with van der Waals surface area (Å²) in [4.78, 5) is 4.82. The predicted molar refractivity (Wildman–Crippen MR) is 153 cm³/mol. The van der Waals surface area contributed by atoms with E-state index in [1.165, 1.54) is 0 Å². The Balaban J connectivity index is 1.66. The maximum Gasteiger partial charge on any atom is 0.230 e. The average molecular weight is 477 g/mol. The van der Waals surface area contributed by atoms with Crippen molar-refractivity contribution in [2.45, 2.75) is 0 Å². The van der Waals surface area contributed by atoms with Crippen LogP contribution in [0.1, 0.15) is 11.3 Å². The highest BCUT2D eigenvalue weighted by Crippen LogP contribution is 2.44. The number of fused-ring (bicyclic) bond motifs is 10. The van der Waals surface area contributed by atoms with E-state index >= 15 is 0 Å². The van der Waals surface area contributed by atoms with Gasteiger partial charge in [0.05, 0.1) is 33.2 Å². The summed E-state index contributed by atoms with van der Waals surface area (Å²) in [6.07, 6.45) is 3.62. The number of aromatic nitrogens is 2. The number of para-hydroxylation sites is 3. The molecule has 0 amide bonds. The molecule has 4 heterocycles. The van der Waals surface area contributed by atoms with Crippen molar-refractivity contribution in [2.75, 3.05) is 0 Å². The zero-order valence-corrected chi connectivity index (χ0v) is 19.9. The Morgan fingerprint density at radius 2 is 1.32 bits per heavy atom. The summed E-state index contributed by atoms with van der Waals surface area (Å²) in [6.45, 7) is 8.21. The minimum Gasteiger partial charge on any atom is -0.455 e. The molecule has 0 saturated carbocycles. The van der Waals surface area contributed by atoms with Gasteiger partial charge in [-0.05, 0) is 36.4 Å². The third-order valence-electron chi connectivity index (χ3n) is 7.37. The SMILES string of the molecule is C=Cc1nc2oc3ccccc3c2c(-n2c3ccccc3c3c4oc5ccccc5c4ccc32)c1C=C. The molecule has 8 rings (SSSR count). The quantitative estimate of drug-likeness (QED) is 0.255. The number of benzene rings is 4. The molecule has 4 aromatic carbocycles. The van der Waals surface area contributed by atoms with Gasteiger partial charge in [0.15, 0.2) is 0 Å². The van der Waals surface area contributed by atoms with Crippen molar-refractivity contribution in [1.29, 1.82) is 0 Å². The Kier molecular flexibility index (Phi) is 3.93. The summed E-state index contributed by atoms with van der Waals surface area (Å²) in [5.74, 6) is 0. The maximum absolute atomic E-state index is 6.49. The van der Waals surface area contributed by atoms with Crippen molar-refractivity contribution < 1.29 is 8.83 Å². The largest absolute Gasteiger partial charge is 0.455 e. The Morgan fingerprint density at radius 3 is 2.11 bits per heavy atom. The van der Waals surface area contributed by atoms with Crippen LogP contribution < -0.4 is 0 Å². The molecular formula is C33H20N2O2. The Bertz CT molecular complexity index is 2240. The van der Waals surface area contributed by atoms with Gasteiger partial charge in [-0.25, -0.2) is 4.98 Å². The first-order valence-corrected chi connectivity index (χ1v) is 12.2. The van der Waals surface area contributed by atoms with Gasteiger partial charge in [-0.2, -0.15) is 0 Å². The minimum absolute atomic E-state index is 0.576. The maximum atomic E-state index is 6.49. The summed E-state index contributed by atoms with van der Waals surface area (Å²) in [5.41, 5.74) is 7.87. The van der Waals surface area contributed by atoms with Crippen molar-refractivity contribution in [3.63, 3.8) is 0 Å². The number of rotatable bonds is 3. The molecule has 0 unspecified atom stereocenters. The van der Waals surface area contributed by atoms with Crippen LogP contribution in [0.2, 0.25) is 0 Å². The van der Waals surface area contributed by atoms with E-state index < -0.39 is 0 Å². The van der Waals surface area contributed by atoms with Crippen LogP contribution in [0.25, 0.3) is 83.7 Å². The van der Waals surface area contributed by atoms with Gasteiger partial charge in [-0.15, -0.1) is 0 Å². The molecule has 4 aromatic heterocycles. The first kappa shape index (κ1) is 20.1. The fraction of sp³-hybridized carbons (Fsp3) is 0. The standard InChI is InChI=1S/C33H20N2O2/c1-3-19-24(4-2)34-33-30(23-13-7-10-16-28(23)37-33)31(19)35-25-14-8-5-12-22(25)29-26(35)18-17-21-20-11-6-9-15-27(20)36-32(21)29/h3-18H,1-2H2. The minimum atomic E-state index is 0.576. The van der Waals surface area contributed by atoms with E-state index in [1.54, 1.807) is 6.08 Å². The fourth-order valence-electron chi connectivity index (χ4n) is 5.83. The molecular weight excluding hydrogens is 456 g/mol. The van der Waals surface area contributed by atoms with Crippen molar-refractivity contribution >= 4 is 78.0 Å². The predicted octanol–water partition coefficient (Wildman–Crippen LogP) is 9.26. The molecule has 0 bridgehead atoms. The molecule has 0 spiro atoms. The van der Waals surface area contributed by atoms with Gasteiger partial charge in [-0.3, -0.25) is 0 Å². The third kappa shape index (κ3) is 2.54. The highest BCUT2D eigenvalue weighted by molar-refractivity contribution is 6.24. The van der Waals surface area contributed by atoms with Crippen LogP contribution in [0.5, 0.6) is 0 Å². The summed E-state index contributed by atoms with van der Waals surface area (Å²) >= 11 is 0. The van der Waals surface area contributed by atoms with Gasteiger partial charge >= 0.3 is 0 Å². The van der Waals surface area contributed by atoms with Gasteiger partial charge in [0.25, 0.3) is 0 Å². The second kappa shape index (κ2) is 7.21. The molecule has 0 radical (unpaired) electrons. The fourth-order valence-corrected chi connectivity index (χ4v) is 5.83. The Labute approximate surface area is 211 Å². The zero-order valence-electron chi connectivity index (χ0n) is 19.9. The molecule has 37 heavy (non-hydrogen) atoms. The molecule has 4 nitrogen and oxygen atoms in total. The molecule has 0 N–H and O–H groups in total. The summed E-state index contributed by atoms with van der Waals surface area (Å²) in [7, 11) is 0. The Hall–Kier alpha value is -5.09. The molecule has 0 saturated heterocycles. The lowest BCUT2D eigenvalue weighted by molar-refractivity contribution is 0.653. The van der Waals surface area contributed by atoms with Crippen LogP contribution in [0.3, 0.4) is 0 Å². The first-order chi connectivity index (χ1) is 18.3. The topological polar surface area (TPSA) is 44.1 Å². The van der Waals surface area contributed by atoms with Crippen molar-refractivity contribution in [1.82, 2.24) is 9.55 Å². The van der Waals surface area contributed by atoms with Gasteiger partial charge in [0, 0.05) is 27.1 Å². The van der Waals surface area contributed by atoms with Crippen molar-refractivity contribution in [3.05, 3.63) is 109 Å². The smallest absolute Gasteiger partial charge is 0.230 e. The molecule has 0 fully saturated rings. The second-order valence-electron chi connectivity index (χ2n) is 9.23. The van der Waals surface area contributed by atoms with Gasteiger partial charge < -0.3 is 13.4 Å². The van der Waals surface area contributed by atoms with Crippen LogP contribution in [0.15, 0.2) is 107 Å². The van der Waals surface area contributed by atoms with Crippen LogP contribution in [0, 0.1) is 0 Å². The lowest BCUT2D eigenvalue weighted by Crippen LogP contribution is -2.01. The summed E-state index contributed by atoms with van der Waals surface area (Å²) < 4.78 is 15.0. The summed E-state index contributed by atoms with van der Waals surface area (Å²) in [6, 6.07) is 29.1. The van der Waals surface area contributed by atoms with E-state index in [0.717, 1.165) is 77.0 Å². The van der Waals surface area contributed by atoms with E-state index in [4.69, 9.17) is 13.8 Å². The van der Waals surface area contributed by atoms with E-state index in [1.807, 2.05) is 36.4 Å². The van der Waals surface area contributed by atoms with Gasteiger partial charge in [0.2, 0.25) is 5.71 Å². The second-order valence-corrected chi connectivity index (χ2v) is 9.23. The summed E-state index contributed by atoms with van der Waals surface area (Å²) in [5, 5.41) is 6.38. The number of furan rings is 2. The molecule has 8 aromatic rings. The normalized spacial score (nSPS) is 12.0. The lowest BCUT2D eigenvalue weighted by atomic mass is 10.0. The molecule has 0 atom stereocenters. The van der Waals surface area contributed by atoms with E-state index in [2.05, 4.69) is 72.3 Å². The molecule has 0 aliphatic heterocycles. The zero-order chi connectivity index (χ0) is 24.7. The first-order valence-electron chi connectivity index (χ1n) is 12.2.